The fourth-order valence-electron chi connectivity index (χ4n) is 2.86. The summed E-state index contributed by atoms with van der Waals surface area (Å²) < 4.78 is 0. The van der Waals surface area contributed by atoms with Gasteiger partial charge in [-0.15, -0.1) is 0 Å². The Labute approximate surface area is 152 Å². The highest BCUT2D eigenvalue weighted by Gasteiger charge is 2.35. The highest BCUT2D eigenvalue weighted by Crippen LogP contribution is 2.24. The zero-order valence-corrected chi connectivity index (χ0v) is 15.4. The summed E-state index contributed by atoms with van der Waals surface area (Å²) in [5, 5.41) is 19.0. The number of amides is 2. The first kappa shape index (κ1) is 19.3. The molecule has 7 heteroatoms. The standard InChI is InChI=1S/C19H22N4O3/c1-5-22(13(4)24)15-9-7-14(8-10-15)21-17-12(3)16(11-20)18(25)23(6-2)19(17)26/h7-10,13,24H,5-6H2,1-4H3. The van der Waals surface area contributed by atoms with Gasteiger partial charge in [0.25, 0.3) is 11.8 Å². The molecular weight excluding hydrogens is 332 g/mol. The number of nitrogens with zero attached hydrogens (tertiary/aromatic N) is 4. The normalized spacial score (nSPS) is 17.5. The quantitative estimate of drug-likeness (QED) is 0.645. The van der Waals surface area contributed by atoms with Gasteiger partial charge in [-0.1, -0.05) is 0 Å². The van der Waals surface area contributed by atoms with E-state index in [4.69, 9.17) is 0 Å². The van der Waals surface area contributed by atoms with Gasteiger partial charge in [-0.05, 0) is 52.0 Å². The summed E-state index contributed by atoms with van der Waals surface area (Å²) in [5.74, 6) is -1.08. The molecule has 2 rings (SSSR count). The number of carbonyl (C=O) groups excluding carboxylic acids is 2. The molecule has 0 radical (unpaired) electrons. The van der Waals surface area contributed by atoms with Crippen LogP contribution in [0.15, 0.2) is 40.4 Å². The minimum Gasteiger partial charge on any atom is -0.374 e. The van der Waals surface area contributed by atoms with Gasteiger partial charge >= 0.3 is 0 Å². The molecule has 1 aromatic carbocycles. The van der Waals surface area contributed by atoms with Crippen molar-refractivity contribution in [1.29, 1.82) is 5.26 Å². The lowest BCUT2D eigenvalue weighted by molar-refractivity contribution is -0.138. The highest BCUT2D eigenvalue weighted by atomic mass is 16.3. The molecule has 2 amide bonds. The van der Waals surface area contributed by atoms with E-state index in [1.54, 1.807) is 49.9 Å². The van der Waals surface area contributed by atoms with Gasteiger partial charge < -0.3 is 10.0 Å². The molecule has 0 saturated heterocycles. The van der Waals surface area contributed by atoms with E-state index >= 15 is 0 Å². The van der Waals surface area contributed by atoms with Crippen molar-refractivity contribution >= 4 is 28.9 Å². The van der Waals surface area contributed by atoms with E-state index in [-0.39, 0.29) is 23.4 Å². The van der Waals surface area contributed by atoms with E-state index in [0.29, 0.717) is 12.2 Å². The fraction of sp³-hybridized carbons (Fsp3) is 0.368. The number of hydrogen-bond acceptors (Lipinski definition) is 6. The number of benzene rings is 1. The highest BCUT2D eigenvalue weighted by molar-refractivity contribution is 6.51. The first-order chi connectivity index (χ1) is 12.3. The van der Waals surface area contributed by atoms with Crippen molar-refractivity contribution in [2.75, 3.05) is 18.0 Å². The summed E-state index contributed by atoms with van der Waals surface area (Å²) in [4.78, 5) is 31.9. The molecule has 0 spiro atoms. The molecule has 7 nitrogen and oxygen atoms in total. The second-order valence-corrected chi connectivity index (χ2v) is 5.86. The molecule has 136 valence electrons. The first-order valence-electron chi connectivity index (χ1n) is 8.46. The minimum atomic E-state index is -0.621. The maximum Gasteiger partial charge on any atom is 0.279 e. The number of likely N-dealkylation sites (N-methyl/N-ethyl adjacent to an activating group) is 1. The van der Waals surface area contributed by atoms with Crippen LogP contribution in [0.25, 0.3) is 0 Å². The van der Waals surface area contributed by atoms with Crippen LogP contribution in [0.4, 0.5) is 11.4 Å². The second kappa shape index (κ2) is 7.93. The van der Waals surface area contributed by atoms with Crippen molar-refractivity contribution in [3.8, 4) is 6.07 Å². The van der Waals surface area contributed by atoms with Crippen molar-refractivity contribution in [3.05, 3.63) is 35.4 Å². The van der Waals surface area contributed by atoms with Gasteiger partial charge in [-0.3, -0.25) is 14.5 Å². The third-order valence-corrected chi connectivity index (χ3v) is 4.28. The molecule has 0 aliphatic carbocycles. The molecule has 26 heavy (non-hydrogen) atoms. The molecule has 1 N–H and O–H groups in total. The summed E-state index contributed by atoms with van der Waals surface area (Å²) >= 11 is 0. The Hall–Kier alpha value is -2.98. The van der Waals surface area contributed by atoms with E-state index in [1.807, 2.05) is 13.0 Å². The molecule has 1 aromatic rings. The van der Waals surface area contributed by atoms with E-state index in [2.05, 4.69) is 4.99 Å². The number of aliphatic hydroxyl groups excluding tert-OH is 1. The Morgan fingerprint density at radius 2 is 1.85 bits per heavy atom. The van der Waals surface area contributed by atoms with E-state index in [9.17, 15) is 20.0 Å². The SMILES string of the molecule is CCN1C(=O)C(=Nc2ccc(N(CC)C(C)O)cc2)C(C)=C(C#N)C1=O. The van der Waals surface area contributed by atoms with Crippen LogP contribution in [0.2, 0.25) is 0 Å². The molecule has 0 aromatic heterocycles. The smallest absolute Gasteiger partial charge is 0.279 e. The number of aliphatic imine (C=N–C) groups is 1. The Balaban J connectivity index is 2.45. The van der Waals surface area contributed by atoms with Crippen LogP contribution in [0.1, 0.15) is 27.7 Å². The monoisotopic (exact) mass is 354 g/mol. The van der Waals surface area contributed by atoms with Gasteiger partial charge in [0.05, 0.1) is 5.69 Å². The summed E-state index contributed by atoms with van der Waals surface area (Å²) in [6.07, 6.45) is -0.621. The van der Waals surface area contributed by atoms with Crippen molar-refractivity contribution in [2.45, 2.75) is 33.9 Å². The Morgan fingerprint density at radius 1 is 1.23 bits per heavy atom. The van der Waals surface area contributed by atoms with Crippen LogP contribution in [-0.4, -0.2) is 46.8 Å². The zero-order chi connectivity index (χ0) is 19.4. The summed E-state index contributed by atoms with van der Waals surface area (Å²) in [6, 6.07) is 8.93. The molecule has 1 aliphatic heterocycles. The maximum absolute atomic E-state index is 12.5. The molecule has 0 fully saturated rings. The number of rotatable bonds is 5. The predicted octanol–water partition coefficient (Wildman–Crippen LogP) is 2.15. The molecular formula is C19H22N4O3. The lowest BCUT2D eigenvalue weighted by Gasteiger charge is -2.26. The Morgan fingerprint density at radius 3 is 2.31 bits per heavy atom. The Kier molecular flexibility index (Phi) is 5.90. The maximum atomic E-state index is 12.5. The Bertz CT molecular complexity index is 816. The van der Waals surface area contributed by atoms with Gasteiger partial charge in [0.1, 0.15) is 23.6 Å². The van der Waals surface area contributed by atoms with Gasteiger partial charge in [0.2, 0.25) is 0 Å². The van der Waals surface area contributed by atoms with Crippen molar-refractivity contribution in [1.82, 2.24) is 4.90 Å². The van der Waals surface area contributed by atoms with Crippen molar-refractivity contribution in [2.24, 2.45) is 4.99 Å². The fourth-order valence-corrected chi connectivity index (χ4v) is 2.86. The van der Waals surface area contributed by atoms with E-state index in [0.717, 1.165) is 10.6 Å². The molecule has 1 atom stereocenters. The number of anilines is 1. The minimum absolute atomic E-state index is 0.0620. The largest absolute Gasteiger partial charge is 0.374 e. The van der Waals surface area contributed by atoms with Crippen LogP contribution in [-0.2, 0) is 9.59 Å². The van der Waals surface area contributed by atoms with Crippen LogP contribution in [0.5, 0.6) is 0 Å². The van der Waals surface area contributed by atoms with Crippen LogP contribution in [0.3, 0.4) is 0 Å². The van der Waals surface area contributed by atoms with Crippen LogP contribution >= 0.6 is 0 Å². The lowest BCUT2D eigenvalue weighted by Crippen LogP contribution is -2.46. The number of nitriles is 1. The number of aliphatic hydroxyl groups is 1. The molecule has 0 bridgehead atoms. The summed E-state index contributed by atoms with van der Waals surface area (Å²) in [6.45, 7) is 7.68. The second-order valence-electron chi connectivity index (χ2n) is 5.86. The average Bonchev–Trinajstić information content (AvgIpc) is 2.61. The molecule has 1 unspecified atom stereocenters. The lowest BCUT2D eigenvalue weighted by atomic mass is 9.99. The number of hydrogen-bond donors (Lipinski definition) is 1. The third kappa shape index (κ3) is 3.51. The first-order valence-corrected chi connectivity index (χ1v) is 8.46. The average molecular weight is 354 g/mol. The van der Waals surface area contributed by atoms with E-state index in [1.165, 1.54) is 0 Å². The van der Waals surface area contributed by atoms with Crippen molar-refractivity contribution in [3.63, 3.8) is 0 Å². The topological polar surface area (TPSA) is 97.0 Å². The van der Waals surface area contributed by atoms with Crippen LogP contribution < -0.4 is 4.90 Å². The zero-order valence-electron chi connectivity index (χ0n) is 15.4. The van der Waals surface area contributed by atoms with Gasteiger partial charge in [-0.2, -0.15) is 5.26 Å². The molecule has 0 saturated carbocycles. The predicted molar refractivity (Wildman–Crippen MR) is 98.9 cm³/mol. The van der Waals surface area contributed by atoms with Crippen LogP contribution in [0, 0.1) is 11.3 Å². The third-order valence-electron chi connectivity index (χ3n) is 4.28. The number of carbonyl (C=O) groups is 2. The van der Waals surface area contributed by atoms with Crippen molar-refractivity contribution < 1.29 is 14.7 Å². The van der Waals surface area contributed by atoms with Gasteiger partial charge in [0.15, 0.2) is 0 Å². The molecule has 1 heterocycles. The summed E-state index contributed by atoms with van der Waals surface area (Å²) in [5.41, 5.74) is 1.68. The van der Waals surface area contributed by atoms with E-state index < -0.39 is 18.0 Å². The summed E-state index contributed by atoms with van der Waals surface area (Å²) in [7, 11) is 0. The van der Waals surface area contributed by atoms with Gasteiger partial charge in [-0.25, -0.2) is 4.99 Å². The number of imide groups is 1. The molecule has 1 aliphatic rings. The van der Waals surface area contributed by atoms with Gasteiger partial charge in [0, 0.05) is 24.4 Å².